The van der Waals surface area contributed by atoms with Crippen LogP contribution in [0.4, 0.5) is 5.69 Å². The summed E-state index contributed by atoms with van der Waals surface area (Å²) < 4.78 is 8.88. The maximum Gasteiger partial charge on any atom is 0.378 e. The second-order valence-corrected chi connectivity index (χ2v) is 1.86. The number of furan rings is 1. The quantitative estimate of drug-likeness (QED) is 0.574. The highest BCUT2D eigenvalue weighted by molar-refractivity contribution is 5.91. The van der Waals surface area contributed by atoms with Gasteiger partial charge in [-0.2, -0.15) is 0 Å². The molecule has 1 heterocycles. The number of nitrogen functional groups attached to an aromatic ring is 1. The van der Waals surface area contributed by atoms with Crippen LogP contribution < -0.4 is 5.73 Å². The van der Waals surface area contributed by atoms with Crippen LogP contribution in [0.5, 0.6) is 5.75 Å². The Labute approximate surface area is 62.4 Å². The number of anilines is 1. The van der Waals surface area contributed by atoms with Crippen molar-refractivity contribution >= 4 is 11.7 Å². The maximum atomic E-state index is 10.7. The predicted molar refractivity (Wildman–Crippen MR) is 36.1 cm³/mol. The van der Waals surface area contributed by atoms with E-state index in [2.05, 4.69) is 9.15 Å². The third-order valence-corrected chi connectivity index (χ3v) is 1.16. The zero-order chi connectivity index (χ0) is 8.43. The van der Waals surface area contributed by atoms with Gasteiger partial charge in [-0.25, -0.2) is 4.79 Å². The first-order valence-electron chi connectivity index (χ1n) is 2.81. The molecule has 60 valence electrons. The van der Waals surface area contributed by atoms with Gasteiger partial charge in [0.2, 0.25) is 0 Å². The van der Waals surface area contributed by atoms with Crippen LogP contribution in [0.1, 0.15) is 10.6 Å². The minimum Gasteiger partial charge on any atom is -0.503 e. The Bertz CT molecular complexity index is 278. The number of aromatic hydroxyl groups is 1. The molecule has 0 fully saturated rings. The highest BCUT2D eigenvalue weighted by Gasteiger charge is 2.18. The molecule has 0 aliphatic rings. The van der Waals surface area contributed by atoms with Crippen LogP contribution in [0.15, 0.2) is 10.7 Å². The molecule has 0 radical (unpaired) electrons. The van der Waals surface area contributed by atoms with Crippen LogP contribution in [-0.4, -0.2) is 18.2 Å². The standard InChI is InChI=1S/C6H7NO4/c1-10-6(9)5-4(8)3(7)2-11-5/h2,8H,7H2,1H3. The number of hydrogen-bond acceptors (Lipinski definition) is 5. The van der Waals surface area contributed by atoms with Gasteiger partial charge in [0.1, 0.15) is 12.0 Å². The van der Waals surface area contributed by atoms with E-state index in [0.29, 0.717) is 0 Å². The normalized spacial score (nSPS) is 9.55. The van der Waals surface area contributed by atoms with Gasteiger partial charge in [-0.1, -0.05) is 0 Å². The Morgan fingerprint density at radius 3 is 2.82 bits per heavy atom. The monoisotopic (exact) mass is 157 g/mol. The second-order valence-electron chi connectivity index (χ2n) is 1.86. The van der Waals surface area contributed by atoms with E-state index in [-0.39, 0.29) is 17.2 Å². The number of carbonyl (C=O) groups is 1. The molecule has 0 atom stereocenters. The van der Waals surface area contributed by atoms with Crippen molar-refractivity contribution in [3.8, 4) is 5.75 Å². The van der Waals surface area contributed by atoms with Crippen LogP contribution in [0.2, 0.25) is 0 Å². The van der Waals surface area contributed by atoms with E-state index in [1.165, 1.54) is 7.11 Å². The first kappa shape index (κ1) is 7.46. The van der Waals surface area contributed by atoms with Crippen molar-refractivity contribution in [2.75, 3.05) is 12.8 Å². The van der Waals surface area contributed by atoms with E-state index in [0.717, 1.165) is 6.26 Å². The molecule has 0 aromatic carbocycles. The maximum absolute atomic E-state index is 10.7. The third kappa shape index (κ3) is 1.12. The van der Waals surface area contributed by atoms with Gasteiger partial charge in [-0.3, -0.25) is 0 Å². The molecule has 11 heavy (non-hydrogen) atoms. The highest BCUT2D eigenvalue weighted by Crippen LogP contribution is 2.26. The average Bonchev–Trinajstić information content (AvgIpc) is 2.32. The summed E-state index contributed by atoms with van der Waals surface area (Å²) in [5, 5.41) is 9.02. The van der Waals surface area contributed by atoms with E-state index in [1.807, 2.05) is 0 Å². The van der Waals surface area contributed by atoms with Gasteiger partial charge in [-0.05, 0) is 0 Å². The molecule has 1 rings (SSSR count). The van der Waals surface area contributed by atoms with E-state index < -0.39 is 5.97 Å². The van der Waals surface area contributed by atoms with E-state index >= 15 is 0 Å². The molecule has 0 spiro atoms. The Hall–Kier alpha value is -1.65. The van der Waals surface area contributed by atoms with E-state index in [1.54, 1.807) is 0 Å². The summed E-state index contributed by atoms with van der Waals surface area (Å²) in [6, 6.07) is 0. The lowest BCUT2D eigenvalue weighted by atomic mass is 10.4. The zero-order valence-electron chi connectivity index (χ0n) is 5.83. The lowest BCUT2D eigenvalue weighted by Crippen LogP contribution is -1.99. The van der Waals surface area contributed by atoms with Gasteiger partial charge in [0.15, 0.2) is 5.75 Å². The van der Waals surface area contributed by atoms with Gasteiger partial charge in [-0.15, -0.1) is 0 Å². The Morgan fingerprint density at radius 2 is 2.45 bits per heavy atom. The van der Waals surface area contributed by atoms with Crippen molar-refractivity contribution < 1.29 is 19.1 Å². The summed E-state index contributed by atoms with van der Waals surface area (Å²) in [5.74, 6) is -1.40. The molecule has 0 bridgehead atoms. The highest BCUT2D eigenvalue weighted by atomic mass is 16.5. The van der Waals surface area contributed by atoms with Crippen molar-refractivity contribution in [2.24, 2.45) is 0 Å². The first-order valence-corrected chi connectivity index (χ1v) is 2.81. The molecule has 1 aromatic heterocycles. The Balaban J connectivity index is 3.04. The number of methoxy groups -OCH3 is 1. The van der Waals surface area contributed by atoms with Gasteiger partial charge in [0, 0.05) is 0 Å². The number of carbonyl (C=O) groups excluding carboxylic acids is 1. The fourth-order valence-electron chi connectivity index (χ4n) is 0.603. The molecular formula is C6H7NO4. The van der Waals surface area contributed by atoms with Crippen molar-refractivity contribution in [1.82, 2.24) is 0 Å². The van der Waals surface area contributed by atoms with Crippen LogP contribution in [-0.2, 0) is 4.74 Å². The molecular weight excluding hydrogens is 150 g/mol. The summed E-state index contributed by atoms with van der Waals surface area (Å²) in [6.45, 7) is 0. The van der Waals surface area contributed by atoms with Crippen molar-refractivity contribution in [2.45, 2.75) is 0 Å². The number of esters is 1. The summed E-state index contributed by atoms with van der Waals surface area (Å²) in [7, 11) is 1.18. The fourth-order valence-corrected chi connectivity index (χ4v) is 0.603. The molecule has 5 nitrogen and oxygen atoms in total. The minimum absolute atomic E-state index is 0.0189. The Kier molecular flexibility index (Phi) is 1.72. The van der Waals surface area contributed by atoms with Crippen LogP contribution in [0.25, 0.3) is 0 Å². The molecule has 0 unspecified atom stereocenters. The summed E-state index contributed by atoms with van der Waals surface area (Å²) in [5.41, 5.74) is 5.20. The minimum atomic E-state index is -0.751. The molecule has 0 saturated heterocycles. The average molecular weight is 157 g/mol. The van der Waals surface area contributed by atoms with Gasteiger partial charge < -0.3 is 20.0 Å². The van der Waals surface area contributed by atoms with E-state index in [9.17, 15) is 4.79 Å². The van der Waals surface area contributed by atoms with Gasteiger partial charge >= 0.3 is 5.97 Å². The lowest BCUT2D eigenvalue weighted by molar-refractivity contribution is 0.0560. The third-order valence-electron chi connectivity index (χ3n) is 1.16. The first-order chi connectivity index (χ1) is 5.16. The van der Waals surface area contributed by atoms with E-state index in [4.69, 9.17) is 10.8 Å². The summed E-state index contributed by atoms with van der Waals surface area (Å²) in [4.78, 5) is 10.7. The molecule has 0 aliphatic carbocycles. The van der Waals surface area contributed by atoms with Crippen molar-refractivity contribution in [3.63, 3.8) is 0 Å². The van der Waals surface area contributed by atoms with Crippen LogP contribution in [0.3, 0.4) is 0 Å². The fraction of sp³-hybridized carbons (Fsp3) is 0.167. The number of rotatable bonds is 1. The molecule has 0 aliphatic heterocycles. The Morgan fingerprint density at radius 1 is 1.82 bits per heavy atom. The van der Waals surface area contributed by atoms with Crippen molar-refractivity contribution in [1.29, 1.82) is 0 Å². The van der Waals surface area contributed by atoms with Gasteiger partial charge in [0.05, 0.1) is 7.11 Å². The second kappa shape index (κ2) is 2.53. The smallest absolute Gasteiger partial charge is 0.378 e. The molecule has 3 N–H and O–H groups in total. The molecule has 0 saturated carbocycles. The molecule has 1 aromatic rings. The topological polar surface area (TPSA) is 85.7 Å². The number of hydrogen-bond donors (Lipinski definition) is 2. The summed E-state index contributed by atoms with van der Waals surface area (Å²) >= 11 is 0. The number of nitrogens with two attached hydrogens (primary N) is 1. The number of ether oxygens (including phenoxy) is 1. The SMILES string of the molecule is COC(=O)c1occ(N)c1O. The zero-order valence-corrected chi connectivity index (χ0v) is 5.83. The largest absolute Gasteiger partial charge is 0.503 e. The van der Waals surface area contributed by atoms with Gasteiger partial charge in [0.25, 0.3) is 5.76 Å². The predicted octanol–water partition coefficient (Wildman–Crippen LogP) is 0.354. The van der Waals surface area contributed by atoms with Crippen LogP contribution >= 0.6 is 0 Å². The lowest BCUT2D eigenvalue weighted by Gasteiger charge is -1.93. The summed E-state index contributed by atoms with van der Waals surface area (Å²) in [6.07, 6.45) is 1.07. The molecule has 0 amide bonds. The molecule has 5 heteroatoms. The van der Waals surface area contributed by atoms with Crippen LogP contribution in [0, 0.1) is 0 Å². The van der Waals surface area contributed by atoms with Crippen molar-refractivity contribution in [3.05, 3.63) is 12.0 Å².